The van der Waals surface area contributed by atoms with E-state index < -0.39 is 10.0 Å². The zero-order chi connectivity index (χ0) is 18.9. The molecule has 0 aliphatic carbocycles. The van der Waals surface area contributed by atoms with Crippen molar-refractivity contribution in [1.82, 2.24) is 4.98 Å². The first-order valence-corrected chi connectivity index (χ1v) is 9.84. The largest absolute Gasteiger partial charge is 0.493 e. The summed E-state index contributed by atoms with van der Waals surface area (Å²) in [5, 5.41) is 26.4. The van der Waals surface area contributed by atoms with Crippen LogP contribution >= 0.6 is 28.1 Å². The van der Waals surface area contributed by atoms with Crippen molar-refractivity contribution in [2.24, 2.45) is 15.4 Å². The Morgan fingerprint density at radius 2 is 1.92 bits per heavy atom. The second kappa shape index (κ2) is 7.11. The number of fused-ring (bicyclic) bond motifs is 1. The van der Waals surface area contributed by atoms with Crippen molar-refractivity contribution < 1.29 is 13.5 Å². The number of benzene rings is 2. The molecule has 0 unspecified atom stereocenters. The average molecular weight is 454 g/mol. The third-order valence-electron chi connectivity index (χ3n) is 3.39. The number of anilines is 1. The number of nitrogens with zero attached hydrogens (tertiary/aromatic N) is 2. The van der Waals surface area contributed by atoms with Crippen LogP contribution in [0.5, 0.6) is 5.88 Å². The lowest BCUT2D eigenvalue weighted by Crippen LogP contribution is -2.12. The van der Waals surface area contributed by atoms with Crippen LogP contribution in [0.25, 0.3) is 10.9 Å². The van der Waals surface area contributed by atoms with E-state index in [1.165, 1.54) is 24.3 Å². The molecule has 2 aromatic carbocycles. The molecule has 5 N–H and O–H groups in total. The summed E-state index contributed by atoms with van der Waals surface area (Å²) in [6, 6.07) is 11.1. The highest BCUT2D eigenvalue weighted by molar-refractivity contribution is 9.10. The number of thiocarbonyl (C=S) groups is 1. The third kappa shape index (κ3) is 4.07. The van der Waals surface area contributed by atoms with Crippen molar-refractivity contribution in [2.75, 3.05) is 5.32 Å². The molecular weight excluding hydrogens is 442 g/mol. The van der Waals surface area contributed by atoms with Gasteiger partial charge in [0, 0.05) is 15.5 Å². The minimum absolute atomic E-state index is 0.00936. The number of nitrogens with two attached hydrogens (primary N) is 1. The van der Waals surface area contributed by atoms with Crippen LogP contribution in [-0.2, 0) is 10.0 Å². The quantitative estimate of drug-likeness (QED) is 0.353. The molecule has 8 nitrogen and oxygen atoms in total. The normalized spacial score (nSPS) is 11.9. The number of H-pyrrole nitrogens is 1. The van der Waals surface area contributed by atoms with Gasteiger partial charge in [0.2, 0.25) is 21.0 Å². The molecule has 134 valence electrons. The summed E-state index contributed by atoms with van der Waals surface area (Å²) in [7, 11) is -3.75. The highest BCUT2D eigenvalue weighted by Crippen LogP contribution is 2.36. The molecule has 0 radical (unpaired) electrons. The predicted octanol–water partition coefficient (Wildman–Crippen LogP) is 3.76. The molecule has 0 saturated carbocycles. The molecule has 0 bridgehead atoms. The van der Waals surface area contributed by atoms with E-state index in [1.807, 2.05) is 6.07 Å². The summed E-state index contributed by atoms with van der Waals surface area (Å²) >= 11 is 8.45. The van der Waals surface area contributed by atoms with Crippen molar-refractivity contribution in [2.45, 2.75) is 4.90 Å². The number of halogens is 1. The van der Waals surface area contributed by atoms with E-state index in [2.05, 4.69) is 36.5 Å². The topological polar surface area (TPSA) is 133 Å². The lowest BCUT2D eigenvalue weighted by molar-refractivity contribution is 0.459. The first-order valence-electron chi connectivity index (χ1n) is 7.10. The minimum atomic E-state index is -3.75. The monoisotopic (exact) mass is 453 g/mol. The van der Waals surface area contributed by atoms with Crippen LogP contribution in [0.4, 0.5) is 11.4 Å². The van der Waals surface area contributed by atoms with Crippen molar-refractivity contribution in [3.8, 4) is 5.88 Å². The second-order valence-electron chi connectivity index (χ2n) is 5.21. The van der Waals surface area contributed by atoms with Crippen LogP contribution < -0.4 is 10.5 Å². The molecule has 1 aromatic heterocycles. The molecule has 0 saturated heterocycles. The van der Waals surface area contributed by atoms with Crippen LogP contribution in [-0.4, -0.2) is 23.6 Å². The standard InChI is InChI=1S/C15H12BrN5O3S2/c16-8-1-6-12-11(7-8)13(14(22)19-12)20-21-15(25)18-9-2-4-10(5-3-9)26(17,23)24/h1-7,19,22H,(H,18,25)(H2,17,23,24). The number of hydrogen-bond acceptors (Lipinski definition) is 5. The fraction of sp³-hybridized carbons (Fsp3) is 0. The molecule has 0 aliphatic rings. The highest BCUT2D eigenvalue weighted by atomic mass is 79.9. The van der Waals surface area contributed by atoms with Gasteiger partial charge in [-0.15, -0.1) is 10.2 Å². The predicted molar refractivity (Wildman–Crippen MR) is 106 cm³/mol. The van der Waals surface area contributed by atoms with Crippen molar-refractivity contribution in [1.29, 1.82) is 0 Å². The lowest BCUT2D eigenvalue weighted by Gasteiger charge is -2.04. The number of primary sulfonamides is 1. The molecule has 3 rings (SSSR count). The van der Waals surface area contributed by atoms with Crippen molar-refractivity contribution >= 4 is 65.6 Å². The van der Waals surface area contributed by atoms with Gasteiger partial charge in [0.05, 0.1) is 10.4 Å². The van der Waals surface area contributed by atoms with E-state index in [9.17, 15) is 13.5 Å². The smallest absolute Gasteiger partial charge is 0.238 e. The van der Waals surface area contributed by atoms with Crippen LogP contribution in [0.15, 0.2) is 62.1 Å². The van der Waals surface area contributed by atoms with E-state index in [-0.39, 0.29) is 21.6 Å². The first kappa shape index (κ1) is 18.5. The number of nitrogens with one attached hydrogen (secondary N) is 2. The second-order valence-corrected chi connectivity index (χ2v) is 8.08. The molecule has 3 aromatic rings. The average Bonchev–Trinajstić information content (AvgIpc) is 2.87. The van der Waals surface area contributed by atoms with Gasteiger partial charge in [0.1, 0.15) is 0 Å². The minimum Gasteiger partial charge on any atom is -0.493 e. The number of aromatic amines is 1. The van der Waals surface area contributed by atoms with Gasteiger partial charge >= 0.3 is 0 Å². The van der Waals surface area contributed by atoms with Gasteiger partial charge in [-0.25, -0.2) is 13.6 Å². The maximum absolute atomic E-state index is 11.2. The van der Waals surface area contributed by atoms with Crippen molar-refractivity contribution in [3.63, 3.8) is 0 Å². The van der Waals surface area contributed by atoms with Crippen LogP contribution in [0, 0.1) is 0 Å². The van der Waals surface area contributed by atoms with Crippen LogP contribution in [0.2, 0.25) is 0 Å². The van der Waals surface area contributed by atoms with Gasteiger partial charge in [-0.05, 0) is 54.7 Å². The van der Waals surface area contributed by atoms with Gasteiger partial charge in [-0.2, -0.15) is 0 Å². The number of hydrogen-bond donors (Lipinski definition) is 4. The van der Waals surface area contributed by atoms with E-state index >= 15 is 0 Å². The zero-order valence-corrected chi connectivity index (χ0v) is 16.2. The number of rotatable bonds is 3. The molecule has 11 heteroatoms. The number of aromatic hydroxyl groups is 1. The van der Waals surface area contributed by atoms with Crippen molar-refractivity contribution in [3.05, 3.63) is 46.9 Å². The molecule has 0 fully saturated rings. The molecule has 0 aliphatic heterocycles. The Morgan fingerprint density at radius 1 is 1.23 bits per heavy atom. The molecule has 26 heavy (non-hydrogen) atoms. The maximum Gasteiger partial charge on any atom is 0.238 e. The molecular formula is C15H12BrN5O3S2. The Hall–Kier alpha value is -2.34. The molecule has 0 atom stereocenters. The van der Waals surface area contributed by atoms with E-state index in [0.717, 1.165) is 4.47 Å². The van der Waals surface area contributed by atoms with E-state index in [1.54, 1.807) is 12.1 Å². The number of aromatic nitrogens is 1. The van der Waals surface area contributed by atoms with Gasteiger partial charge in [-0.3, -0.25) is 0 Å². The molecule has 1 heterocycles. The van der Waals surface area contributed by atoms with E-state index in [0.29, 0.717) is 16.6 Å². The fourth-order valence-electron chi connectivity index (χ4n) is 2.21. The Bertz CT molecular complexity index is 1120. The van der Waals surface area contributed by atoms with Crippen LogP contribution in [0.1, 0.15) is 0 Å². The summed E-state index contributed by atoms with van der Waals surface area (Å²) in [6.45, 7) is 0. The van der Waals surface area contributed by atoms with E-state index in [4.69, 9.17) is 17.4 Å². The first-order chi connectivity index (χ1) is 12.2. The third-order valence-corrected chi connectivity index (χ3v) is 5.00. The Kier molecular flexibility index (Phi) is 5.05. The fourth-order valence-corrected chi connectivity index (χ4v) is 3.24. The summed E-state index contributed by atoms with van der Waals surface area (Å²) in [4.78, 5) is 2.79. The Morgan fingerprint density at radius 3 is 2.58 bits per heavy atom. The van der Waals surface area contributed by atoms with Crippen LogP contribution in [0.3, 0.4) is 0 Å². The summed E-state index contributed by atoms with van der Waals surface area (Å²) in [5.74, 6) is -0.123. The number of sulfonamides is 1. The highest BCUT2D eigenvalue weighted by Gasteiger charge is 2.11. The zero-order valence-electron chi connectivity index (χ0n) is 13.0. The maximum atomic E-state index is 11.2. The summed E-state index contributed by atoms with van der Waals surface area (Å²) in [5.41, 5.74) is 1.49. The van der Waals surface area contributed by atoms with Gasteiger partial charge in [-0.1, -0.05) is 15.9 Å². The van der Waals surface area contributed by atoms with Gasteiger partial charge < -0.3 is 15.4 Å². The Balaban J connectivity index is 1.78. The number of azo groups is 1. The van der Waals surface area contributed by atoms with Gasteiger partial charge in [0.15, 0.2) is 5.69 Å². The summed E-state index contributed by atoms with van der Waals surface area (Å²) in [6.07, 6.45) is 0. The SMILES string of the molecule is NS(=O)(=O)c1ccc(NC(=S)N=Nc2c(O)[nH]c3ccc(Br)cc23)cc1. The lowest BCUT2D eigenvalue weighted by atomic mass is 10.2. The van der Waals surface area contributed by atoms with Gasteiger partial charge in [0.25, 0.3) is 0 Å². The molecule has 0 amide bonds. The summed E-state index contributed by atoms with van der Waals surface area (Å²) < 4.78 is 23.3. The Labute approximate surface area is 162 Å². The molecule has 0 spiro atoms.